The lowest BCUT2D eigenvalue weighted by Crippen LogP contribution is -2.46. The van der Waals surface area contributed by atoms with Crippen LogP contribution in [0.15, 0.2) is 60.7 Å². The molecule has 33 heavy (non-hydrogen) atoms. The third kappa shape index (κ3) is 4.85. The lowest BCUT2D eigenvalue weighted by atomic mass is 9.91. The van der Waals surface area contributed by atoms with E-state index in [1.807, 2.05) is 19.2 Å². The lowest BCUT2D eigenvalue weighted by Gasteiger charge is -2.48. The standard InChI is InChI=1S/C26H40N3O2PSi/c1-27-23-19-13-14-20-24(23)28(2)32(27,30)29(3)25(21-15-9-7-10-16-21)26(31-33(4,5)6)22-17-11-8-12-18-22/h7-12,15-18,23-26H,13-14,19-20H2,1-6H3/t23-,24-,25?,26?/m0/s1. The number of likely N-dealkylation sites (N-methyl/N-ethyl adjacent to an activating group) is 3. The van der Waals surface area contributed by atoms with Gasteiger partial charge in [0.1, 0.15) is 6.04 Å². The molecule has 0 aromatic heterocycles. The van der Waals surface area contributed by atoms with Gasteiger partial charge in [-0.1, -0.05) is 73.5 Å². The number of benzene rings is 2. The van der Waals surface area contributed by atoms with Crippen LogP contribution < -0.4 is 4.89 Å². The first kappa shape index (κ1) is 25.0. The van der Waals surface area contributed by atoms with E-state index in [2.05, 4.69) is 96.3 Å². The highest BCUT2D eigenvalue weighted by atomic mass is 31.2. The van der Waals surface area contributed by atoms with Crippen LogP contribution in [0.2, 0.25) is 19.6 Å². The monoisotopic (exact) mass is 485 g/mol. The van der Waals surface area contributed by atoms with Gasteiger partial charge in [0.15, 0.2) is 16.3 Å². The fraction of sp³-hybridized carbons (Fsp3) is 0.538. The highest BCUT2D eigenvalue weighted by Gasteiger charge is 2.60. The van der Waals surface area contributed by atoms with Gasteiger partial charge >= 0.3 is 0 Å². The Morgan fingerprint density at radius 1 is 0.879 bits per heavy atom. The highest BCUT2D eigenvalue weighted by molar-refractivity contribution is 7.62. The molecule has 0 amide bonds. The quantitative estimate of drug-likeness (QED) is 0.384. The van der Waals surface area contributed by atoms with Gasteiger partial charge in [-0.3, -0.25) is 0 Å². The average Bonchev–Trinajstić information content (AvgIpc) is 3.01. The first-order valence-corrected chi connectivity index (χ1v) is 17.2. The molecule has 1 aliphatic carbocycles. The summed E-state index contributed by atoms with van der Waals surface area (Å²) in [7, 11) is 1.30. The molecule has 4 atom stereocenters. The van der Waals surface area contributed by atoms with Crippen LogP contribution in [0.25, 0.3) is 0 Å². The minimum atomic E-state index is -2.97. The maximum absolute atomic E-state index is 15.0. The molecule has 2 aliphatic rings. The molecule has 4 rings (SSSR count). The predicted molar refractivity (Wildman–Crippen MR) is 139 cm³/mol. The van der Waals surface area contributed by atoms with Crippen molar-refractivity contribution in [2.75, 3.05) is 21.1 Å². The van der Waals surface area contributed by atoms with Gasteiger partial charge in [-0.05, 0) is 43.6 Å². The first-order valence-electron chi connectivity index (χ1n) is 12.2. The Kier molecular flexibility index (Phi) is 7.47. The third-order valence-electron chi connectivity index (χ3n) is 7.33. The van der Waals surface area contributed by atoms with Crippen LogP contribution in [-0.4, -0.2) is 55.6 Å². The molecule has 0 N–H and O–H groups in total. The molecule has 0 bridgehead atoms. The summed E-state index contributed by atoms with van der Waals surface area (Å²) in [6.07, 6.45) is 4.47. The average molecular weight is 486 g/mol. The molecule has 1 saturated heterocycles. The summed E-state index contributed by atoms with van der Waals surface area (Å²) < 4.78 is 13.4. The molecule has 1 saturated carbocycles. The zero-order valence-electron chi connectivity index (χ0n) is 21.0. The third-order valence-corrected chi connectivity index (χ3v) is 11.6. The van der Waals surface area contributed by atoms with Crippen molar-refractivity contribution >= 4 is 16.3 Å². The molecule has 180 valence electrons. The van der Waals surface area contributed by atoms with E-state index in [4.69, 9.17) is 4.43 Å². The molecule has 2 aromatic carbocycles. The van der Waals surface area contributed by atoms with E-state index >= 15 is 0 Å². The van der Waals surface area contributed by atoms with E-state index in [0.29, 0.717) is 12.1 Å². The molecule has 2 aromatic rings. The van der Waals surface area contributed by atoms with Gasteiger partial charge in [-0.2, -0.15) is 9.34 Å². The Morgan fingerprint density at radius 2 is 1.33 bits per heavy atom. The normalized spacial score (nSPS) is 25.7. The van der Waals surface area contributed by atoms with E-state index in [-0.39, 0.29) is 12.1 Å². The second-order valence-electron chi connectivity index (χ2n) is 10.6. The summed E-state index contributed by atoms with van der Waals surface area (Å²) in [4.78, 5) is 15.0. The minimum Gasteiger partial charge on any atom is -0.636 e. The smallest absolute Gasteiger partial charge is 0.186 e. The molecule has 0 radical (unpaired) electrons. The van der Waals surface area contributed by atoms with Crippen LogP contribution in [0.1, 0.15) is 49.0 Å². The van der Waals surface area contributed by atoms with E-state index in [9.17, 15) is 4.89 Å². The zero-order valence-corrected chi connectivity index (χ0v) is 22.9. The Morgan fingerprint density at radius 3 is 1.79 bits per heavy atom. The Hall–Kier alpha value is -1.11. The number of rotatable bonds is 7. The van der Waals surface area contributed by atoms with Gasteiger partial charge in [0, 0.05) is 21.1 Å². The number of hydrogen-bond acceptors (Lipinski definition) is 5. The summed E-state index contributed by atoms with van der Waals surface area (Å²) >= 11 is 0. The summed E-state index contributed by atoms with van der Waals surface area (Å²) in [6, 6.07) is 21.5. The van der Waals surface area contributed by atoms with Crippen LogP contribution in [0.4, 0.5) is 0 Å². The molecule has 7 heteroatoms. The summed E-state index contributed by atoms with van der Waals surface area (Å²) in [6.45, 7) is 6.69. The SMILES string of the molecule is CN(C(c1ccccc1)C(O[Si](C)(C)C)c1ccccc1)[P+]1([O-])N(C)[C@H]2CCCC[C@@H]2N1C. The van der Waals surface area contributed by atoms with Crippen molar-refractivity contribution < 1.29 is 9.32 Å². The molecule has 2 fully saturated rings. The largest absolute Gasteiger partial charge is 0.636 e. The van der Waals surface area contributed by atoms with Gasteiger partial charge in [0.2, 0.25) is 0 Å². The number of hydrogen-bond donors (Lipinski definition) is 0. The van der Waals surface area contributed by atoms with E-state index in [0.717, 1.165) is 24.0 Å². The molecule has 5 nitrogen and oxygen atoms in total. The second-order valence-corrected chi connectivity index (χ2v) is 18.0. The van der Waals surface area contributed by atoms with Crippen molar-refractivity contribution in [3.8, 4) is 0 Å². The molecule has 2 unspecified atom stereocenters. The van der Waals surface area contributed by atoms with E-state index < -0.39 is 16.3 Å². The molecular formula is C26H40N3O2PSi. The Bertz CT molecular complexity index is 893. The molecular weight excluding hydrogens is 445 g/mol. The fourth-order valence-corrected chi connectivity index (χ4v) is 10.0. The van der Waals surface area contributed by atoms with Crippen molar-refractivity contribution in [1.82, 2.24) is 14.0 Å². The maximum Gasteiger partial charge on any atom is 0.186 e. The maximum atomic E-state index is 15.0. The summed E-state index contributed by atoms with van der Waals surface area (Å²) in [5, 5.41) is 0. The van der Waals surface area contributed by atoms with Crippen LogP contribution in [0.3, 0.4) is 0 Å². The molecule has 1 heterocycles. The van der Waals surface area contributed by atoms with Crippen LogP contribution in [0, 0.1) is 0 Å². The number of nitrogens with zero attached hydrogens (tertiary/aromatic N) is 3. The fourth-order valence-electron chi connectivity index (χ4n) is 5.75. The summed E-state index contributed by atoms with van der Waals surface area (Å²) in [5.41, 5.74) is 2.27. The van der Waals surface area contributed by atoms with Gasteiger partial charge < -0.3 is 9.32 Å². The van der Waals surface area contributed by atoms with Crippen molar-refractivity contribution in [2.45, 2.75) is 69.6 Å². The van der Waals surface area contributed by atoms with E-state index in [1.54, 1.807) is 0 Å². The Labute approximate surface area is 202 Å². The molecule has 0 spiro atoms. The second kappa shape index (κ2) is 9.86. The highest BCUT2D eigenvalue weighted by Crippen LogP contribution is 2.69. The van der Waals surface area contributed by atoms with Crippen LogP contribution in [-0.2, 0) is 4.43 Å². The van der Waals surface area contributed by atoms with Crippen molar-refractivity contribution in [2.24, 2.45) is 0 Å². The minimum absolute atomic E-state index is 0.170. The Balaban J connectivity index is 1.81. The van der Waals surface area contributed by atoms with Gasteiger partial charge in [-0.25, -0.2) is 0 Å². The molecule has 1 aliphatic heterocycles. The van der Waals surface area contributed by atoms with Gasteiger partial charge in [0.05, 0.1) is 18.2 Å². The summed E-state index contributed by atoms with van der Waals surface area (Å²) in [5.74, 6) is 0. The van der Waals surface area contributed by atoms with Gasteiger partial charge in [0.25, 0.3) is 0 Å². The van der Waals surface area contributed by atoms with Crippen LogP contribution in [0.5, 0.6) is 0 Å². The van der Waals surface area contributed by atoms with Gasteiger partial charge in [-0.15, -0.1) is 4.67 Å². The van der Waals surface area contributed by atoms with E-state index in [1.165, 1.54) is 12.8 Å². The van der Waals surface area contributed by atoms with Crippen molar-refractivity contribution in [1.29, 1.82) is 0 Å². The van der Waals surface area contributed by atoms with Crippen molar-refractivity contribution in [3.05, 3.63) is 71.8 Å². The number of fused-ring (bicyclic) bond motifs is 1. The van der Waals surface area contributed by atoms with Crippen LogP contribution >= 0.6 is 7.94 Å². The lowest BCUT2D eigenvalue weighted by molar-refractivity contribution is -0.205. The topological polar surface area (TPSA) is 42.0 Å². The predicted octanol–water partition coefficient (Wildman–Crippen LogP) is 5.48. The van der Waals surface area contributed by atoms with Crippen molar-refractivity contribution in [3.63, 3.8) is 0 Å². The first-order chi connectivity index (χ1) is 15.6. The zero-order chi connectivity index (χ0) is 23.8.